The van der Waals surface area contributed by atoms with Crippen LogP contribution in [0.25, 0.3) is 22.2 Å². The predicted octanol–water partition coefficient (Wildman–Crippen LogP) is 7.70. The van der Waals surface area contributed by atoms with Crippen LogP contribution in [-0.2, 0) is 18.9 Å². The number of hydrogen-bond acceptors (Lipinski definition) is 5. The van der Waals surface area contributed by atoms with Crippen molar-refractivity contribution in [1.82, 2.24) is 19.9 Å². The van der Waals surface area contributed by atoms with Gasteiger partial charge in [-0.1, -0.05) is 13.0 Å². The topological polar surface area (TPSA) is 53.9 Å². The fourth-order valence-corrected chi connectivity index (χ4v) is 4.86. The highest BCUT2D eigenvalue weighted by Gasteiger charge is 2.34. The number of alkyl halides is 6. The first-order valence-corrected chi connectivity index (χ1v) is 12.5. The van der Waals surface area contributed by atoms with Gasteiger partial charge in [-0.15, -0.1) is 0 Å². The van der Waals surface area contributed by atoms with Crippen molar-refractivity contribution in [3.05, 3.63) is 77.7 Å². The lowest BCUT2D eigenvalue weighted by molar-refractivity contribution is -0.138. The smallest absolute Gasteiger partial charge is 0.340 e. The second kappa shape index (κ2) is 10.4. The van der Waals surface area contributed by atoms with Gasteiger partial charge in [-0.05, 0) is 73.8 Å². The molecule has 1 N–H and O–H groups in total. The molecule has 2 aromatic heterocycles. The number of hydrogen-bond donors (Lipinski definition) is 1. The van der Waals surface area contributed by atoms with Crippen LogP contribution >= 0.6 is 0 Å². The molecule has 1 saturated heterocycles. The number of nitrogens with one attached hydrogen (secondary N) is 1. The third-order valence-electron chi connectivity index (χ3n) is 6.71. The molecule has 0 bridgehead atoms. The zero-order valence-electron chi connectivity index (χ0n) is 20.9. The molecule has 1 fully saturated rings. The maximum Gasteiger partial charge on any atom is 0.418 e. The van der Waals surface area contributed by atoms with Crippen LogP contribution in [0.1, 0.15) is 36.7 Å². The lowest BCUT2D eigenvalue weighted by Crippen LogP contribution is -2.34. The molecule has 1 aliphatic heterocycles. The Morgan fingerprint density at radius 3 is 2.41 bits per heavy atom. The van der Waals surface area contributed by atoms with Crippen molar-refractivity contribution in [2.24, 2.45) is 5.92 Å². The third-order valence-corrected chi connectivity index (χ3v) is 6.71. The van der Waals surface area contributed by atoms with Crippen LogP contribution in [0.4, 0.5) is 37.8 Å². The van der Waals surface area contributed by atoms with E-state index in [1.54, 1.807) is 6.07 Å². The average molecular weight is 546 g/mol. The number of likely N-dealkylation sites (tertiary alicyclic amines) is 1. The third kappa shape index (κ3) is 6.13. The van der Waals surface area contributed by atoms with Crippen molar-refractivity contribution in [1.29, 1.82) is 0 Å². The van der Waals surface area contributed by atoms with E-state index in [1.807, 2.05) is 0 Å². The molecule has 5 rings (SSSR count). The van der Waals surface area contributed by atoms with E-state index in [2.05, 4.69) is 32.1 Å². The Balaban J connectivity index is 1.57. The number of benzene rings is 2. The maximum atomic E-state index is 13.7. The number of anilines is 2. The summed E-state index contributed by atoms with van der Waals surface area (Å²) in [6.07, 6.45) is -5.58. The molecule has 1 unspecified atom stereocenters. The van der Waals surface area contributed by atoms with E-state index in [9.17, 15) is 26.3 Å². The number of piperidine rings is 1. The lowest BCUT2D eigenvalue weighted by Gasteiger charge is -2.30. The standard InChI is InChI=1S/C28H25F6N5/c1-17-4-3-13-39(15-17)16-24-37-23-14-18(25-22(28(32,33)34)5-2-12-35-25)6-11-21(23)26(38-24)36-20-9-7-19(8-10-20)27(29,30)31/h2,5-12,14,17H,3-4,13,15-16H2,1H3,(H,36,37,38). The quantitative estimate of drug-likeness (QED) is 0.261. The van der Waals surface area contributed by atoms with Gasteiger partial charge in [0.05, 0.1) is 28.9 Å². The number of pyridine rings is 1. The SMILES string of the molecule is CC1CCCN(Cc2nc(Nc3ccc(C(F)(F)F)cc3)c3ccc(-c4ncccc4C(F)(F)F)cc3n2)C1. The summed E-state index contributed by atoms with van der Waals surface area (Å²) in [6, 6.07) is 11.4. The van der Waals surface area contributed by atoms with E-state index in [4.69, 9.17) is 0 Å². The van der Waals surface area contributed by atoms with Gasteiger partial charge in [0.2, 0.25) is 0 Å². The van der Waals surface area contributed by atoms with Crippen LogP contribution in [0.5, 0.6) is 0 Å². The van der Waals surface area contributed by atoms with E-state index < -0.39 is 23.5 Å². The van der Waals surface area contributed by atoms with Gasteiger partial charge in [-0.25, -0.2) is 9.97 Å². The Morgan fingerprint density at radius 2 is 1.72 bits per heavy atom. The molecule has 0 radical (unpaired) electrons. The molecular weight excluding hydrogens is 520 g/mol. The molecular formula is C28H25F6N5. The van der Waals surface area contributed by atoms with Crippen LogP contribution in [0, 0.1) is 5.92 Å². The molecule has 0 saturated carbocycles. The molecule has 39 heavy (non-hydrogen) atoms. The number of fused-ring (bicyclic) bond motifs is 1. The number of halogens is 6. The molecule has 1 atom stereocenters. The Morgan fingerprint density at radius 1 is 0.949 bits per heavy atom. The first-order valence-electron chi connectivity index (χ1n) is 12.5. The summed E-state index contributed by atoms with van der Waals surface area (Å²) < 4.78 is 80.0. The van der Waals surface area contributed by atoms with Crippen molar-refractivity contribution in [3.8, 4) is 11.3 Å². The number of nitrogens with zero attached hydrogens (tertiary/aromatic N) is 4. The van der Waals surface area contributed by atoms with E-state index in [0.717, 1.165) is 44.1 Å². The first kappa shape index (κ1) is 26.9. The van der Waals surface area contributed by atoms with Crippen molar-refractivity contribution in [2.75, 3.05) is 18.4 Å². The summed E-state index contributed by atoms with van der Waals surface area (Å²) in [4.78, 5) is 15.5. The molecule has 204 valence electrons. The van der Waals surface area contributed by atoms with Gasteiger partial charge in [0.1, 0.15) is 11.6 Å². The molecule has 11 heteroatoms. The first-order chi connectivity index (χ1) is 18.5. The summed E-state index contributed by atoms with van der Waals surface area (Å²) in [5.41, 5.74) is -0.823. The Kier molecular flexibility index (Phi) is 7.19. The second-order valence-electron chi connectivity index (χ2n) is 9.80. The lowest BCUT2D eigenvalue weighted by atomic mass is 10.0. The summed E-state index contributed by atoms with van der Waals surface area (Å²) >= 11 is 0. The molecule has 0 amide bonds. The van der Waals surface area contributed by atoms with Gasteiger partial charge in [0.25, 0.3) is 0 Å². The summed E-state index contributed by atoms with van der Waals surface area (Å²) in [5.74, 6) is 1.32. The van der Waals surface area contributed by atoms with Crippen LogP contribution in [0.3, 0.4) is 0 Å². The monoisotopic (exact) mass is 545 g/mol. The highest BCUT2D eigenvalue weighted by molar-refractivity contribution is 5.93. The molecule has 1 aliphatic rings. The zero-order valence-corrected chi connectivity index (χ0v) is 20.9. The second-order valence-corrected chi connectivity index (χ2v) is 9.80. The summed E-state index contributed by atoms with van der Waals surface area (Å²) in [6.45, 7) is 4.34. The highest BCUT2D eigenvalue weighted by atomic mass is 19.4. The number of aromatic nitrogens is 3. The molecule has 3 heterocycles. The maximum absolute atomic E-state index is 13.7. The zero-order chi connectivity index (χ0) is 27.8. The van der Waals surface area contributed by atoms with Crippen molar-refractivity contribution < 1.29 is 26.3 Å². The highest BCUT2D eigenvalue weighted by Crippen LogP contribution is 2.37. The molecule has 2 aromatic carbocycles. The van der Waals surface area contributed by atoms with E-state index in [1.165, 1.54) is 36.5 Å². The van der Waals surface area contributed by atoms with E-state index in [0.29, 0.717) is 40.7 Å². The van der Waals surface area contributed by atoms with Gasteiger partial charge < -0.3 is 5.32 Å². The minimum Gasteiger partial charge on any atom is -0.340 e. The molecule has 0 spiro atoms. The molecule has 4 aromatic rings. The largest absolute Gasteiger partial charge is 0.418 e. The van der Waals surface area contributed by atoms with E-state index in [-0.39, 0.29) is 11.3 Å². The number of rotatable bonds is 5. The van der Waals surface area contributed by atoms with Gasteiger partial charge in [-0.3, -0.25) is 9.88 Å². The van der Waals surface area contributed by atoms with Crippen LogP contribution in [0.15, 0.2) is 60.8 Å². The van der Waals surface area contributed by atoms with Crippen LogP contribution < -0.4 is 5.32 Å². The van der Waals surface area contributed by atoms with Crippen molar-refractivity contribution in [2.45, 2.75) is 38.7 Å². The van der Waals surface area contributed by atoms with E-state index >= 15 is 0 Å². The van der Waals surface area contributed by atoms with Crippen LogP contribution in [-0.4, -0.2) is 32.9 Å². The minimum absolute atomic E-state index is 0.214. The van der Waals surface area contributed by atoms with Gasteiger partial charge in [0, 0.05) is 29.4 Å². The summed E-state index contributed by atoms with van der Waals surface area (Å²) in [5, 5.41) is 3.59. The van der Waals surface area contributed by atoms with Gasteiger partial charge in [0.15, 0.2) is 0 Å². The van der Waals surface area contributed by atoms with Crippen LogP contribution in [0.2, 0.25) is 0 Å². The van der Waals surface area contributed by atoms with Gasteiger partial charge >= 0.3 is 12.4 Å². The average Bonchev–Trinajstić information content (AvgIpc) is 2.88. The minimum atomic E-state index is -4.59. The molecule has 5 nitrogen and oxygen atoms in total. The molecule has 0 aliphatic carbocycles. The van der Waals surface area contributed by atoms with Crippen molar-refractivity contribution >= 4 is 22.4 Å². The Hall–Kier alpha value is -3.73. The summed E-state index contributed by atoms with van der Waals surface area (Å²) in [7, 11) is 0. The normalized spacial score (nSPS) is 16.9. The predicted molar refractivity (Wildman–Crippen MR) is 136 cm³/mol. The Labute approximate surface area is 220 Å². The fraction of sp³-hybridized carbons (Fsp3) is 0.321. The Bertz CT molecular complexity index is 1470. The fourth-order valence-electron chi connectivity index (χ4n) is 4.86. The van der Waals surface area contributed by atoms with Gasteiger partial charge in [-0.2, -0.15) is 26.3 Å². The van der Waals surface area contributed by atoms with Crippen molar-refractivity contribution in [3.63, 3.8) is 0 Å².